The highest BCUT2D eigenvalue weighted by Crippen LogP contribution is 2.23. The first-order chi connectivity index (χ1) is 11.1. The highest BCUT2D eigenvalue weighted by molar-refractivity contribution is 5.82. The van der Waals surface area contributed by atoms with E-state index in [1.165, 1.54) is 12.7 Å². The molecule has 0 bridgehead atoms. The molecule has 0 saturated heterocycles. The molecule has 0 atom stereocenters. The number of rotatable bonds is 4. The topological polar surface area (TPSA) is 115 Å². The van der Waals surface area contributed by atoms with Crippen LogP contribution < -0.4 is 10.1 Å². The average Bonchev–Trinajstić information content (AvgIpc) is 2.95. The van der Waals surface area contributed by atoms with Crippen molar-refractivity contribution in [2.45, 2.75) is 0 Å². The summed E-state index contributed by atoms with van der Waals surface area (Å²) in [5.41, 5.74) is 1.03. The zero-order chi connectivity index (χ0) is 16.2. The molecule has 3 aromatic rings. The normalized spacial score (nSPS) is 10.3. The smallest absolute Gasteiger partial charge is 0.409 e. The van der Waals surface area contributed by atoms with Gasteiger partial charge in [0.2, 0.25) is 5.88 Å². The molecule has 0 fully saturated rings. The van der Waals surface area contributed by atoms with E-state index in [4.69, 9.17) is 9.84 Å². The summed E-state index contributed by atoms with van der Waals surface area (Å²) in [6.07, 6.45) is 1.69. The summed E-state index contributed by atoms with van der Waals surface area (Å²) in [4.78, 5) is 22.9. The number of hydrogen-bond acceptors (Lipinski definition) is 6. The fourth-order valence-corrected chi connectivity index (χ4v) is 1.90. The van der Waals surface area contributed by atoms with Gasteiger partial charge in [-0.3, -0.25) is 5.32 Å². The molecule has 0 aliphatic heterocycles. The van der Waals surface area contributed by atoms with Crippen molar-refractivity contribution in [2.24, 2.45) is 7.05 Å². The number of hydrogen-bond donors (Lipinski definition) is 2. The van der Waals surface area contributed by atoms with Gasteiger partial charge in [-0.15, -0.1) is 0 Å². The number of amides is 1. The van der Waals surface area contributed by atoms with Gasteiger partial charge in [0, 0.05) is 18.8 Å². The minimum atomic E-state index is -1.12. The van der Waals surface area contributed by atoms with E-state index in [1.807, 2.05) is 0 Å². The Morgan fingerprint density at radius 3 is 2.61 bits per heavy atom. The Kier molecular flexibility index (Phi) is 3.83. The number of anilines is 1. The Morgan fingerprint density at radius 1 is 1.17 bits per heavy atom. The maximum Gasteiger partial charge on any atom is 0.409 e. The molecule has 1 amide bonds. The van der Waals surface area contributed by atoms with E-state index in [2.05, 4.69) is 25.4 Å². The highest BCUT2D eigenvalue weighted by Gasteiger charge is 2.09. The van der Waals surface area contributed by atoms with Gasteiger partial charge in [0.05, 0.1) is 0 Å². The molecule has 0 unspecified atom stereocenters. The number of ether oxygens (including phenoxy) is 1. The molecule has 0 aliphatic carbocycles. The Bertz CT molecular complexity index is 831. The second-order valence-corrected chi connectivity index (χ2v) is 4.51. The molecular weight excluding hydrogens is 300 g/mol. The van der Waals surface area contributed by atoms with Crippen LogP contribution in [0.1, 0.15) is 0 Å². The van der Waals surface area contributed by atoms with Gasteiger partial charge >= 0.3 is 6.09 Å². The summed E-state index contributed by atoms with van der Waals surface area (Å²) in [5.74, 6) is 1.46. The Hall–Kier alpha value is -3.49. The molecule has 9 nitrogen and oxygen atoms in total. The van der Waals surface area contributed by atoms with Gasteiger partial charge in [-0.1, -0.05) is 0 Å². The summed E-state index contributed by atoms with van der Waals surface area (Å²) >= 11 is 0. The zero-order valence-electron chi connectivity index (χ0n) is 12.0. The predicted octanol–water partition coefficient (Wildman–Crippen LogP) is 2.15. The minimum absolute atomic E-state index is 0.344. The van der Waals surface area contributed by atoms with Gasteiger partial charge < -0.3 is 9.84 Å². The highest BCUT2D eigenvalue weighted by atomic mass is 16.5. The van der Waals surface area contributed by atoms with Gasteiger partial charge in [-0.25, -0.2) is 24.4 Å². The molecule has 0 spiro atoms. The van der Waals surface area contributed by atoms with Crippen molar-refractivity contribution in [1.82, 2.24) is 24.7 Å². The summed E-state index contributed by atoms with van der Waals surface area (Å²) in [6, 6.07) is 8.10. The van der Waals surface area contributed by atoms with Crippen molar-refractivity contribution in [1.29, 1.82) is 0 Å². The molecule has 0 radical (unpaired) electrons. The van der Waals surface area contributed by atoms with E-state index >= 15 is 0 Å². The lowest BCUT2D eigenvalue weighted by Crippen LogP contribution is -2.06. The van der Waals surface area contributed by atoms with Crippen LogP contribution in [0.2, 0.25) is 0 Å². The fraction of sp³-hybridized carbons (Fsp3) is 0.0714. The second-order valence-electron chi connectivity index (χ2n) is 4.51. The van der Waals surface area contributed by atoms with E-state index < -0.39 is 6.09 Å². The van der Waals surface area contributed by atoms with Gasteiger partial charge in [0.25, 0.3) is 0 Å². The number of carboxylic acid groups (broad SMARTS) is 1. The van der Waals surface area contributed by atoms with Crippen LogP contribution in [0, 0.1) is 0 Å². The number of benzene rings is 1. The Labute approximate surface area is 130 Å². The molecule has 2 aromatic heterocycles. The molecule has 23 heavy (non-hydrogen) atoms. The molecule has 3 rings (SSSR count). The lowest BCUT2D eigenvalue weighted by atomic mass is 10.3. The molecule has 0 aliphatic rings. The Morgan fingerprint density at radius 2 is 1.96 bits per heavy atom. The predicted molar refractivity (Wildman–Crippen MR) is 80.2 cm³/mol. The largest absolute Gasteiger partial charge is 0.465 e. The van der Waals surface area contributed by atoms with Crippen LogP contribution in [0.25, 0.3) is 11.5 Å². The summed E-state index contributed by atoms with van der Waals surface area (Å²) in [5, 5.41) is 14.9. The van der Waals surface area contributed by atoms with Crippen LogP contribution in [0.4, 0.5) is 10.5 Å². The standard InChI is InChI=1S/C14H12N6O3/c1-20-13(17-8-18-20)11-6-12(16-7-15-11)23-10-4-2-9(3-5-10)19-14(21)22/h2-8,19H,1H3,(H,21,22). The van der Waals surface area contributed by atoms with Crippen LogP contribution in [0.3, 0.4) is 0 Å². The lowest BCUT2D eigenvalue weighted by Gasteiger charge is -2.07. The van der Waals surface area contributed by atoms with Crippen LogP contribution in [-0.2, 0) is 7.05 Å². The first-order valence-electron chi connectivity index (χ1n) is 6.56. The summed E-state index contributed by atoms with van der Waals surface area (Å²) in [7, 11) is 1.76. The van der Waals surface area contributed by atoms with E-state index in [0.717, 1.165) is 0 Å². The summed E-state index contributed by atoms with van der Waals surface area (Å²) in [6.45, 7) is 0. The third-order valence-corrected chi connectivity index (χ3v) is 2.91. The van der Waals surface area contributed by atoms with Crippen LogP contribution in [-0.4, -0.2) is 35.9 Å². The minimum Gasteiger partial charge on any atom is -0.465 e. The lowest BCUT2D eigenvalue weighted by molar-refractivity contribution is 0.209. The van der Waals surface area contributed by atoms with Gasteiger partial charge in [0.15, 0.2) is 5.82 Å². The molecule has 0 saturated carbocycles. The third kappa shape index (κ3) is 3.40. The van der Waals surface area contributed by atoms with Crippen molar-refractivity contribution in [3.63, 3.8) is 0 Å². The van der Waals surface area contributed by atoms with Crippen LogP contribution in [0.5, 0.6) is 11.6 Å². The first-order valence-corrected chi connectivity index (χ1v) is 6.56. The van der Waals surface area contributed by atoms with Crippen LogP contribution in [0.15, 0.2) is 43.0 Å². The van der Waals surface area contributed by atoms with E-state index in [1.54, 1.807) is 42.1 Å². The summed E-state index contributed by atoms with van der Waals surface area (Å²) < 4.78 is 7.23. The van der Waals surface area contributed by atoms with E-state index in [-0.39, 0.29) is 0 Å². The van der Waals surface area contributed by atoms with Gasteiger partial charge in [-0.2, -0.15) is 5.10 Å². The van der Waals surface area contributed by atoms with Crippen molar-refractivity contribution in [3.8, 4) is 23.1 Å². The van der Waals surface area contributed by atoms with Gasteiger partial charge in [0.1, 0.15) is 24.1 Å². The maximum atomic E-state index is 10.5. The van der Waals surface area contributed by atoms with E-state index in [0.29, 0.717) is 28.8 Å². The molecular formula is C14H12N6O3. The second kappa shape index (κ2) is 6.10. The number of carbonyl (C=O) groups is 1. The van der Waals surface area contributed by atoms with E-state index in [9.17, 15) is 4.79 Å². The van der Waals surface area contributed by atoms with Crippen molar-refractivity contribution >= 4 is 11.8 Å². The monoisotopic (exact) mass is 312 g/mol. The zero-order valence-corrected chi connectivity index (χ0v) is 12.0. The van der Waals surface area contributed by atoms with Gasteiger partial charge in [-0.05, 0) is 24.3 Å². The van der Waals surface area contributed by atoms with Crippen molar-refractivity contribution in [3.05, 3.63) is 43.0 Å². The average molecular weight is 312 g/mol. The van der Waals surface area contributed by atoms with Crippen molar-refractivity contribution < 1.29 is 14.6 Å². The maximum absolute atomic E-state index is 10.5. The SMILES string of the molecule is Cn1ncnc1-c1cc(Oc2ccc(NC(=O)O)cc2)ncn1. The first kappa shape index (κ1) is 14.4. The quantitative estimate of drug-likeness (QED) is 0.758. The molecule has 116 valence electrons. The number of nitrogens with zero attached hydrogens (tertiary/aromatic N) is 5. The third-order valence-electron chi connectivity index (χ3n) is 2.91. The fourth-order valence-electron chi connectivity index (χ4n) is 1.90. The number of aryl methyl sites for hydroxylation is 1. The molecule has 2 heterocycles. The van der Waals surface area contributed by atoms with Crippen LogP contribution >= 0.6 is 0 Å². The molecule has 1 aromatic carbocycles. The molecule has 9 heteroatoms. The molecule has 2 N–H and O–H groups in total. The van der Waals surface area contributed by atoms with Crippen molar-refractivity contribution in [2.75, 3.05) is 5.32 Å². The number of nitrogens with one attached hydrogen (secondary N) is 1. The number of aromatic nitrogens is 5. The Balaban J connectivity index is 1.78.